The molecular formula is C13H16N2O4. The molecule has 0 aromatic carbocycles. The molecule has 102 valence electrons. The first-order chi connectivity index (χ1) is 9.11. The van der Waals surface area contributed by atoms with Gasteiger partial charge in [0.1, 0.15) is 5.69 Å². The van der Waals surface area contributed by atoms with E-state index in [9.17, 15) is 9.59 Å². The maximum atomic E-state index is 12.2. The number of likely N-dealkylation sites (tertiary alicyclic amines) is 1. The molecule has 2 rings (SSSR count). The Morgan fingerprint density at radius 1 is 1.47 bits per heavy atom. The molecule has 1 saturated heterocycles. The summed E-state index contributed by atoms with van der Waals surface area (Å²) in [7, 11) is 0. The first kappa shape index (κ1) is 13.5. The molecule has 0 radical (unpaired) electrons. The van der Waals surface area contributed by atoms with Gasteiger partial charge < -0.3 is 15.1 Å². The molecule has 19 heavy (non-hydrogen) atoms. The minimum atomic E-state index is -1.14. The summed E-state index contributed by atoms with van der Waals surface area (Å²) in [6.07, 6.45) is 2.90. The van der Waals surface area contributed by atoms with Crippen LogP contribution in [0.3, 0.4) is 0 Å². The van der Waals surface area contributed by atoms with Crippen LogP contribution in [0.2, 0.25) is 0 Å². The highest BCUT2D eigenvalue weighted by Gasteiger charge is 2.26. The van der Waals surface area contributed by atoms with Crippen molar-refractivity contribution in [3.8, 4) is 0 Å². The molecule has 1 aromatic rings. The summed E-state index contributed by atoms with van der Waals surface area (Å²) in [5.74, 6) is -0.991. The number of carbonyl (C=O) groups excluding carboxylic acids is 1. The predicted molar refractivity (Wildman–Crippen MR) is 66.9 cm³/mol. The van der Waals surface area contributed by atoms with Gasteiger partial charge in [-0.05, 0) is 30.9 Å². The Balaban J connectivity index is 2.08. The molecule has 1 aromatic heterocycles. The van der Waals surface area contributed by atoms with Crippen LogP contribution in [0.25, 0.3) is 0 Å². The van der Waals surface area contributed by atoms with Gasteiger partial charge in [0.25, 0.3) is 5.91 Å². The third-order valence-electron chi connectivity index (χ3n) is 3.34. The van der Waals surface area contributed by atoms with Gasteiger partial charge in [-0.3, -0.25) is 4.79 Å². The van der Waals surface area contributed by atoms with Crippen molar-refractivity contribution >= 4 is 11.9 Å². The van der Waals surface area contributed by atoms with Gasteiger partial charge in [0.2, 0.25) is 0 Å². The van der Waals surface area contributed by atoms with Gasteiger partial charge in [-0.15, -0.1) is 0 Å². The smallest absolute Gasteiger partial charge is 0.354 e. The fourth-order valence-corrected chi connectivity index (χ4v) is 2.30. The van der Waals surface area contributed by atoms with E-state index in [4.69, 9.17) is 10.2 Å². The van der Waals surface area contributed by atoms with E-state index >= 15 is 0 Å². The number of hydrogen-bond donors (Lipinski definition) is 2. The molecule has 1 atom stereocenters. The number of carboxylic acids is 1. The van der Waals surface area contributed by atoms with Crippen molar-refractivity contribution in [3.05, 3.63) is 29.6 Å². The number of aromatic nitrogens is 1. The fraction of sp³-hybridized carbons (Fsp3) is 0.462. The molecule has 6 heteroatoms. The minimum absolute atomic E-state index is 0.128. The first-order valence-electron chi connectivity index (χ1n) is 6.21. The van der Waals surface area contributed by atoms with Crippen molar-refractivity contribution in [2.24, 2.45) is 5.92 Å². The standard InChI is InChI=1S/C13H16N2O4/c16-6-3-9-2-5-15(8-9)12(17)10-1-4-14-11(7-10)13(18)19/h1,4,7,9,16H,2-3,5-6,8H2,(H,18,19). The van der Waals surface area contributed by atoms with E-state index in [0.29, 0.717) is 31.0 Å². The lowest BCUT2D eigenvalue weighted by Crippen LogP contribution is -2.29. The molecule has 0 saturated carbocycles. The third kappa shape index (κ3) is 3.08. The van der Waals surface area contributed by atoms with E-state index in [2.05, 4.69) is 4.98 Å². The number of aliphatic hydroxyl groups is 1. The first-order valence-corrected chi connectivity index (χ1v) is 6.21. The largest absolute Gasteiger partial charge is 0.477 e. The van der Waals surface area contributed by atoms with Gasteiger partial charge in [-0.2, -0.15) is 0 Å². The van der Waals surface area contributed by atoms with E-state index in [0.717, 1.165) is 6.42 Å². The number of aromatic carboxylic acids is 1. The lowest BCUT2D eigenvalue weighted by molar-refractivity contribution is 0.0690. The average molecular weight is 264 g/mol. The molecular weight excluding hydrogens is 248 g/mol. The van der Waals surface area contributed by atoms with Crippen molar-refractivity contribution in [2.45, 2.75) is 12.8 Å². The molecule has 0 bridgehead atoms. The van der Waals surface area contributed by atoms with Crippen molar-refractivity contribution in [1.29, 1.82) is 0 Å². The molecule has 2 heterocycles. The summed E-state index contributed by atoms with van der Waals surface area (Å²) in [5, 5.41) is 17.7. The maximum absolute atomic E-state index is 12.2. The Morgan fingerprint density at radius 3 is 2.95 bits per heavy atom. The van der Waals surface area contributed by atoms with E-state index in [1.807, 2.05) is 0 Å². The highest BCUT2D eigenvalue weighted by Crippen LogP contribution is 2.21. The zero-order valence-electron chi connectivity index (χ0n) is 10.5. The Labute approximate surface area is 110 Å². The van der Waals surface area contributed by atoms with Crippen molar-refractivity contribution in [3.63, 3.8) is 0 Å². The zero-order chi connectivity index (χ0) is 13.8. The Hall–Kier alpha value is -1.95. The molecule has 1 fully saturated rings. The summed E-state index contributed by atoms with van der Waals surface area (Å²) in [5.41, 5.74) is 0.217. The van der Waals surface area contributed by atoms with Crippen LogP contribution in [0, 0.1) is 5.92 Å². The molecule has 6 nitrogen and oxygen atoms in total. The fourth-order valence-electron chi connectivity index (χ4n) is 2.30. The van der Waals surface area contributed by atoms with Crippen LogP contribution < -0.4 is 0 Å². The van der Waals surface area contributed by atoms with Crippen LogP contribution in [0.15, 0.2) is 18.3 Å². The summed E-state index contributed by atoms with van der Waals surface area (Å²) >= 11 is 0. The topological polar surface area (TPSA) is 90.7 Å². The summed E-state index contributed by atoms with van der Waals surface area (Å²) in [4.78, 5) is 28.4. The number of pyridine rings is 1. The van der Waals surface area contributed by atoms with Crippen LogP contribution in [-0.4, -0.2) is 51.7 Å². The van der Waals surface area contributed by atoms with E-state index in [1.165, 1.54) is 18.3 Å². The molecule has 1 unspecified atom stereocenters. The summed E-state index contributed by atoms with van der Waals surface area (Å²) in [6, 6.07) is 2.82. The highest BCUT2D eigenvalue weighted by molar-refractivity contribution is 5.96. The molecule has 1 amide bonds. The third-order valence-corrected chi connectivity index (χ3v) is 3.34. The zero-order valence-corrected chi connectivity index (χ0v) is 10.5. The number of rotatable bonds is 4. The van der Waals surface area contributed by atoms with Gasteiger partial charge in [0.15, 0.2) is 0 Å². The van der Waals surface area contributed by atoms with Gasteiger partial charge in [-0.25, -0.2) is 9.78 Å². The van der Waals surface area contributed by atoms with Crippen LogP contribution >= 0.6 is 0 Å². The van der Waals surface area contributed by atoms with Gasteiger partial charge in [0, 0.05) is 31.5 Å². The second-order valence-corrected chi connectivity index (χ2v) is 4.65. The number of hydrogen-bond acceptors (Lipinski definition) is 4. The van der Waals surface area contributed by atoms with E-state index in [-0.39, 0.29) is 18.2 Å². The summed E-state index contributed by atoms with van der Waals surface area (Å²) < 4.78 is 0. The van der Waals surface area contributed by atoms with Crippen molar-refractivity contribution in [1.82, 2.24) is 9.88 Å². The van der Waals surface area contributed by atoms with Crippen molar-refractivity contribution in [2.75, 3.05) is 19.7 Å². The lowest BCUT2D eigenvalue weighted by atomic mass is 10.1. The average Bonchev–Trinajstić information content (AvgIpc) is 2.87. The Kier molecular flexibility index (Phi) is 4.11. The highest BCUT2D eigenvalue weighted by atomic mass is 16.4. The monoisotopic (exact) mass is 264 g/mol. The Morgan fingerprint density at radius 2 is 2.26 bits per heavy atom. The minimum Gasteiger partial charge on any atom is -0.477 e. The molecule has 2 N–H and O–H groups in total. The summed E-state index contributed by atoms with van der Waals surface area (Å²) in [6.45, 7) is 1.39. The van der Waals surface area contributed by atoms with Crippen molar-refractivity contribution < 1.29 is 19.8 Å². The van der Waals surface area contributed by atoms with Crippen LogP contribution in [-0.2, 0) is 0 Å². The van der Waals surface area contributed by atoms with Crippen LogP contribution in [0.1, 0.15) is 33.7 Å². The molecule has 1 aliphatic heterocycles. The lowest BCUT2D eigenvalue weighted by Gasteiger charge is -2.16. The van der Waals surface area contributed by atoms with E-state index < -0.39 is 5.97 Å². The quantitative estimate of drug-likeness (QED) is 0.832. The number of amides is 1. The van der Waals surface area contributed by atoms with Crippen LogP contribution in [0.5, 0.6) is 0 Å². The van der Waals surface area contributed by atoms with Gasteiger partial charge >= 0.3 is 5.97 Å². The maximum Gasteiger partial charge on any atom is 0.354 e. The second kappa shape index (κ2) is 5.79. The van der Waals surface area contributed by atoms with E-state index in [1.54, 1.807) is 4.90 Å². The van der Waals surface area contributed by atoms with Gasteiger partial charge in [-0.1, -0.05) is 0 Å². The van der Waals surface area contributed by atoms with Gasteiger partial charge in [0.05, 0.1) is 0 Å². The number of aliphatic hydroxyl groups excluding tert-OH is 1. The number of nitrogens with zero attached hydrogens (tertiary/aromatic N) is 2. The van der Waals surface area contributed by atoms with Crippen LogP contribution in [0.4, 0.5) is 0 Å². The number of carbonyl (C=O) groups is 2. The predicted octanol–water partition coefficient (Wildman–Crippen LogP) is 0.624. The number of carboxylic acid groups (broad SMARTS) is 1. The molecule has 0 spiro atoms. The molecule has 0 aliphatic carbocycles. The second-order valence-electron chi connectivity index (χ2n) is 4.65. The molecule has 1 aliphatic rings. The SMILES string of the molecule is O=C(O)c1cc(C(=O)N2CCC(CCO)C2)ccn1. The normalized spacial score (nSPS) is 18.6. The Bertz CT molecular complexity index is 489.